The molecule has 0 bridgehead atoms. The van der Waals surface area contributed by atoms with Crippen LogP contribution in [0.15, 0.2) is 48.5 Å². The van der Waals surface area contributed by atoms with E-state index in [1.165, 1.54) is 4.90 Å². The Kier molecular flexibility index (Phi) is 6.67. The summed E-state index contributed by atoms with van der Waals surface area (Å²) in [6, 6.07) is 14.7. The normalized spacial score (nSPS) is 11.2. The standard InChI is InChI=1S/C25H29N3O4/c1-25(2,3)27-23(29)15-28(4)24(30)18-14-20(26-19-10-8-7-9-17(18)19)16-11-12-21(31-5)22(13-16)32-6/h7-14H,15H2,1-6H3,(H,27,29). The van der Waals surface area contributed by atoms with Crippen LogP contribution in [0.3, 0.4) is 0 Å². The maximum atomic E-state index is 13.3. The first-order valence-corrected chi connectivity index (χ1v) is 10.3. The largest absolute Gasteiger partial charge is 0.493 e. The number of methoxy groups -OCH3 is 2. The Morgan fingerprint density at radius 2 is 1.69 bits per heavy atom. The molecule has 3 rings (SSSR count). The summed E-state index contributed by atoms with van der Waals surface area (Å²) in [7, 11) is 4.77. The number of benzene rings is 2. The van der Waals surface area contributed by atoms with Gasteiger partial charge in [-0.05, 0) is 51.1 Å². The minimum Gasteiger partial charge on any atom is -0.493 e. The smallest absolute Gasteiger partial charge is 0.254 e. The number of ether oxygens (including phenoxy) is 2. The van der Waals surface area contributed by atoms with Gasteiger partial charge in [0, 0.05) is 23.5 Å². The van der Waals surface area contributed by atoms with Crippen molar-refractivity contribution in [2.24, 2.45) is 0 Å². The summed E-state index contributed by atoms with van der Waals surface area (Å²) < 4.78 is 10.7. The lowest BCUT2D eigenvalue weighted by atomic mass is 10.0. The molecule has 0 spiro atoms. The Labute approximate surface area is 188 Å². The molecule has 1 heterocycles. The zero-order valence-electron chi connectivity index (χ0n) is 19.4. The summed E-state index contributed by atoms with van der Waals surface area (Å²) in [5.74, 6) is 0.711. The Morgan fingerprint density at radius 1 is 1.00 bits per heavy atom. The molecule has 3 aromatic rings. The third-order valence-electron chi connectivity index (χ3n) is 4.87. The van der Waals surface area contributed by atoms with Crippen LogP contribution in [0.5, 0.6) is 11.5 Å². The lowest BCUT2D eigenvalue weighted by Crippen LogP contribution is -2.46. The number of nitrogens with one attached hydrogen (secondary N) is 1. The van der Waals surface area contributed by atoms with Crippen molar-refractivity contribution >= 4 is 22.7 Å². The van der Waals surface area contributed by atoms with Gasteiger partial charge in [-0.15, -0.1) is 0 Å². The molecular formula is C25H29N3O4. The van der Waals surface area contributed by atoms with Gasteiger partial charge in [0.25, 0.3) is 5.91 Å². The van der Waals surface area contributed by atoms with Gasteiger partial charge in [0.05, 0.1) is 37.5 Å². The number of para-hydroxylation sites is 1. The molecule has 0 aliphatic rings. The van der Waals surface area contributed by atoms with Gasteiger partial charge in [0.1, 0.15) is 0 Å². The van der Waals surface area contributed by atoms with Crippen LogP contribution in [-0.2, 0) is 4.79 Å². The minimum absolute atomic E-state index is 0.0432. The number of fused-ring (bicyclic) bond motifs is 1. The summed E-state index contributed by atoms with van der Waals surface area (Å²) in [6.07, 6.45) is 0. The maximum Gasteiger partial charge on any atom is 0.254 e. The predicted molar refractivity (Wildman–Crippen MR) is 125 cm³/mol. The van der Waals surface area contributed by atoms with Crippen LogP contribution in [0.2, 0.25) is 0 Å². The number of hydrogen-bond donors (Lipinski definition) is 1. The Hall–Kier alpha value is -3.61. The molecule has 7 nitrogen and oxygen atoms in total. The fourth-order valence-corrected chi connectivity index (χ4v) is 3.45. The van der Waals surface area contributed by atoms with Crippen molar-refractivity contribution in [3.05, 3.63) is 54.1 Å². The molecule has 0 saturated carbocycles. The summed E-state index contributed by atoms with van der Waals surface area (Å²) in [5, 5.41) is 3.61. The molecule has 0 atom stereocenters. The highest BCUT2D eigenvalue weighted by atomic mass is 16.5. The van der Waals surface area contributed by atoms with Crippen molar-refractivity contribution < 1.29 is 19.1 Å². The molecule has 1 aromatic heterocycles. The van der Waals surface area contributed by atoms with E-state index >= 15 is 0 Å². The van der Waals surface area contributed by atoms with Crippen LogP contribution in [0.1, 0.15) is 31.1 Å². The lowest BCUT2D eigenvalue weighted by molar-refractivity contribution is -0.122. The van der Waals surface area contributed by atoms with E-state index in [-0.39, 0.29) is 23.9 Å². The fourth-order valence-electron chi connectivity index (χ4n) is 3.45. The van der Waals surface area contributed by atoms with Crippen molar-refractivity contribution in [1.82, 2.24) is 15.2 Å². The summed E-state index contributed by atoms with van der Waals surface area (Å²) in [4.78, 5) is 31.8. The van der Waals surface area contributed by atoms with Gasteiger partial charge >= 0.3 is 0 Å². The SMILES string of the molecule is COc1ccc(-c2cc(C(=O)N(C)CC(=O)NC(C)(C)C)c3ccccc3n2)cc1OC. The van der Waals surface area contributed by atoms with Crippen molar-refractivity contribution in [1.29, 1.82) is 0 Å². The van der Waals surface area contributed by atoms with E-state index in [1.807, 2.05) is 57.2 Å². The van der Waals surface area contributed by atoms with Gasteiger partial charge in [-0.2, -0.15) is 0 Å². The number of aromatic nitrogens is 1. The molecular weight excluding hydrogens is 406 g/mol. The van der Waals surface area contributed by atoms with Gasteiger partial charge in [0.15, 0.2) is 11.5 Å². The Morgan fingerprint density at radius 3 is 2.34 bits per heavy atom. The molecule has 0 aliphatic carbocycles. The van der Waals surface area contributed by atoms with E-state index in [2.05, 4.69) is 5.32 Å². The summed E-state index contributed by atoms with van der Waals surface area (Å²) in [5.41, 5.74) is 2.21. The monoisotopic (exact) mass is 435 g/mol. The summed E-state index contributed by atoms with van der Waals surface area (Å²) >= 11 is 0. The van der Waals surface area contributed by atoms with E-state index in [4.69, 9.17) is 14.5 Å². The highest BCUT2D eigenvalue weighted by molar-refractivity contribution is 6.08. The molecule has 32 heavy (non-hydrogen) atoms. The first-order valence-electron chi connectivity index (χ1n) is 10.3. The molecule has 0 radical (unpaired) electrons. The van der Waals surface area contributed by atoms with Crippen LogP contribution in [0.25, 0.3) is 22.2 Å². The maximum absolute atomic E-state index is 13.3. The first-order chi connectivity index (χ1) is 15.1. The Bertz CT molecular complexity index is 1150. The fraction of sp³-hybridized carbons (Fsp3) is 0.320. The van der Waals surface area contributed by atoms with E-state index in [0.29, 0.717) is 28.3 Å². The number of carbonyl (C=O) groups is 2. The van der Waals surface area contributed by atoms with Crippen molar-refractivity contribution in [2.45, 2.75) is 26.3 Å². The second kappa shape index (κ2) is 9.26. The third kappa shape index (κ3) is 5.17. The molecule has 0 saturated heterocycles. The first kappa shape index (κ1) is 23.1. The summed E-state index contributed by atoms with van der Waals surface area (Å²) in [6.45, 7) is 5.66. The molecule has 2 amide bonds. The zero-order chi connectivity index (χ0) is 23.5. The molecule has 7 heteroatoms. The second-order valence-corrected chi connectivity index (χ2v) is 8.60. The van der Waals surface area contributed by atoms with Crippen LogP contribution in [0, 0.1) is 0 Å². The number of nitrogens with zero attached hydrogens (tertiary/aromatic N) is 2. The molecule has 2 aromatic carbocycles. The average molecular weight is 436 g/mol. The lowest BCUT2D eigenvalue weighted by Gasteiger charge is -2.24. The molecule has 1 N–H and O–H groups in total. The third-order valence-corrected chi connectivity index (χ3v) is 4.87. The average Bonchev–Trinajstić information content (AvgIpc) is 2.75. The molecule has 0 unspecified atom stereocenters. The number of pyridine rings is 1. The topological polar surface area (TPSA) is 80.8 Å². The number of likely N-dealkylation sites (N-methyl/N-ethyl adjacent to an activating group) is 1. The Balaban J connectivity index is 2.02. The van der Waals surface area contributed by atoms with Crippen molar-refractivity contribution in [2.75, 3.05) is 27.8 Å². The second-order valence-electron chi connectivity index (χ2n) is 8.60. The number of hydrogen-bond acceptors (Lipinski definition) is 5. The minimum atomic E-state index is -0.370. The van der Waals surface area contributed by atoms with E-state index < -0.39 is 0 Å². The van der Waals surface area contributed by atoms with Crippen LogP contribution in [-0.4, -0.2) is 55.0 Å². The van der Waals surface area contributed by atoms with Gasteiger partial charge in [-0.1, -0.05) is 18.2 Å². The molecule has 0 fully saturated rings. The number of carbonyl (C=O) groups excluding carboxylic acids is 2. The van der Waals surface area contributed by atoms with Crippen LogP contribution >= 0.6 is 0 Å². The highest BCUT2D eigenvalue weighted by Gasteiger charge is 2.21. The van der Waals surface area contributed by atoms with Gasteiger partial charge in [-0.3, -0.25) is 9.59 Å². The van der Waals surface area contributed by atoms with Gasteiger partial charge in [0.2, 0.25) is 5.91 Å². The van der Waals surface area contributed by atoms with Crippen LogP contribution in [0.4, 0.5) is 0 Å². The van der Waals surface area contributed by atoms with E-state index in [0.717, 1.165) is 10.9 Å². The number of rotatable bonds is 6. The molecule has 0 aliphatic heterocycles. The number of amides is 2. The van der Waals surface area contributed by atoms with E-state index in [9.17, 15) is 9.59 Å². The van der Waals surface area contributed by atoms with Gasteiger partial charge in [-0.25, -0.2) is 4.98 Å². The van der Waals surface area contributed by atoms with Crippen molar-refractivity contribution in [3.63, 3.8) is 0 Å². The van der Waals surface area contributed by atoms with Crippen molar-refractivity contribution in [3.8, 4) is 22.8 Å². The zero-order valence-corrected chi connectivity index (χ0v) is 19.4. The quantitative estimate of drug-likeness (QED) is 0.635. The van der Waals surface area contributed by atoms with Crippen LogP contribution < -0.4 is 14.8 Å². The highest BCUT2D eigenvalue weighted by Crippen LogP contribution is 2.33. The molecule has 168 valence electrons. The predicted octanol–water partition coefficient (Wildman–Crippen LogP) is 3.91. The van der Waals surface area contributed by atoms with Gasteiger partial charge < -0.3 is 19.7 Å². The van der Waals surface area contributed by atoms with E-state index in [1.54, 1.807) is 33.4 Å².